The third-order valence-electron chi connectivity index (χ3n) is 5.93. The highest BCUT2D eigenvalue weighted by molar-refractivity contribution is 5.71. The van der Waals surface area contributed by atoms with Gasteiger partial charge in [0, 0.05) is 32.2 Å². The average molecular weight is 474 g/mol. The normalized spacial score (nSPS) is 16.2. The van der Waals surface area contributed by atoms with Crippen LogP contribution in [0.2, 0.25) is 0 Å². The lowest BCUT2D eigenvalue weighted by Crippen LogP contribution is -2.45. The molecule has 11 nitrogen and oxygen atoms in total. The first-order valence-corrected chi connectivity index (χ1v) is 10.8. The molecule has 1 aromatic carbocycles. The van der Waals surface area contributed by atoms with E-state index >= 15 is 0 Å². The minimum Gasteiger partial charge on any atom is -0.502 e. The predicted octanol–water partition coefficient (Wildman–Crippen LogP) is 1.05. The van der Waals surface area contributed by atoms with Crippen molar-refractivity contribution in [2.24, 2.45) is 0 Å². The highest BCUT2D eigenvalue weighted by Gasteiger charge is 2.30. The number of rotatable bonds is 8. The standard InChI is InChI=1S/C23H26N2O9/c1-30-18-7-14(8-19-23(18)33-13-32-19)16(10-20(28)31-2)22-21(29)17(27)9-15(34-22)11-24-3-5-25(12-26)6-4-24/h7-9,12,16,29H,3-6,10-11,13H2,1-2H3/t16-/m0/s1. The van der Waals surface area contributed by atoms with Gasteiger partial charge in [0.05, 0.1) is 33.1 Å². The number of carbonyl (C=O) groups excluding carboxylic acids is 2. The summed E-state index contributed by atoms with van der Waals surface area (Å²) >= 11 is 0. The molecule has 0 radical (unpaired) electrons. The van der Waals surface area contributed by atoms with Gasteiger partial charge in [-0.25, -0.2) is 0 Å². The third kappa shape index (κ3) is 4.79. The zero-order chi connectivity index (χ0) is 24.2. The average Bonchev–Trinajstić information content (AvgIpc) is 3.33. The minimum absolute atomic E-state index is 0.0179. The maximum Gasteiger partial charge on any atom is 0.306 e. The number of aromatic hydroxyl groups is 1. The Bertz CT molecular complexity index is 1120. The number of hydrogen-bond acceptors (Lipinski definition) is 10. The minimum atomic E-state index is -0.851. The van der Waals surface area contributed by atoms with Crippen molar-refractivity contribution >= 4 is 12.4 Å². The van der Waals surface area contributed by atoms with Crippen LogP contribution in [0.1, 0.15) is 29.4 Å². The second-order valence-corrected chi connectivity index (χ2v) is 8.00. The van der Waals surface area contributed by atoms with Crippen molar-refractivity contribution in [1.29, 1.82) is 0 Å². The van der Waals surface area contributed by atoms with E-state index in [0.717, 1.165) is 6.41 Å². The van der Waals surface area contributed by atoms with E-state index in [0.29, 0.717) is 61.3 Å². The molecule has 1 saturated heterocycles. The Labute approximate surface area is 195 Å². The zero-order valence-corrected chi connectivity index (χ0v) is 18.9. The van der Waals surface area contributed by atoms with Crippen LogP contribution in [0.15, 0.2) is 27.4 Å². The number of methoxy groups -OCH3 is 2. The number of benzene rings is 1. The summed E-state index contributed by atoms with van der Waals surface area (Å²) in [4.78, 5) is 39.6. The number of esters is 1. The topological polar surface area (TPSA) is 128 Å². The molecule has 34 heavy (non-hydrogen) atoms. The van der Waals surface area contributed by atoms with Gasteiger partial charge in [-0.05, 0) is 17.7 Å². The molecule has 2 aromatic rings. The highest BCUT2D eigenvalue weighted by atomic mass is 16.7. The summed E-state index contributed by atoms with van der Waals surface area (Å²) in [6.07, 6.45) is 0.616. The van der Waals surface area contributed by atoms with Gasteiger partial charge in [-0.15, -0.1) is 0 Å². The fourth-order valence-electron chi connectivity index (χ4n) is 4.08. The first kappa shape index (κ1) is 23.4. The lowest BCUT2D eigenvalue weighted by molar-refractivity contribution is -0.141. The van der Waals surface area contributed by atoms with Crippen LogP contribution >= 0.6 is 0 Å². The van der Waals surface area contributed by atoms with Gasteiger partial charge >= 0.3 is 5.97 Å². The van der Waals surface area contributed by atoms with Gasteiger partial charge in [-0.2, -0.15) is 0 Å². The smallest absolute Gasteiger partial charge is 0.306 e. The fourth-order valence-corrected chi connectivity index (χ4v) is 4.08. The number of nitrogens with zero attached hydrogens (tertiary/aromatic N) is 2. The number of piperazine rings is 1. The molecule has 1 N–H and O–H groups in total. The maximum atomic E-state index is 12.6. The van der Waals surface area contributed by atoms with Gasteiger partial charge in [-0.3, -0.25) is 19.3 Å². The van der Waals surface area contributed by atoms with E-state index in [-0.39, 0.29) is 19.0 Å². The van der Waals surface area contributed by atoms with E-state index < -0.39 is 23.1 Å². The molecule has 1 atom stereocenters. The Morgan fingerprint density at radius 1 is 1.18 bits per heavy atom. The van der Waals surface area contributed by atoms with Crippen molar-refractivity contribution in [2.75, 3.05) is 47.2 Å². The highest BCUT2D eigenvalue weighted by Crippen LogP contribution is 2.45. The van der Waals surface area contributed by atoms with Crippen molar-refractivity contribution in [3.05, 3.63) is 45.5 Å². The Hall–Kier alpha value is -3.73. The lowest BCUT2D eigenvalue weighted by Gasteiger charge is -2.32. The summed E-state index contributed by atoms with van der Waals surface area (Å²) in [6, 6.07) is 4.54. The number of carbonyl (C=O) groups is 2. The maximum absolute atomic E-state index is 12.6. The van der Waals surface area contributed by atoms with Crippen molar-refractivity contribution in [3.8, 4) is 23.0 Å². The van der Waals surface area contributed by atoms with Crippen LogP contribution < -0.4 is 19.6 Å². The van der Waals surface area contributed by atoms with Crippen LogP contribution in [0.4, 0.5) is 0 Å². The van der Waals surface area contributed by atoms with Crippen molar-refractivity contribution in [1.82, 2.24) is 9.80 Å². The van der Waals surface area contributed by atoms with E-state index in [4.69, 9.17) is 23.4 Å². The van der Waals surface area contributed by atoms with Gasteiger partial charge in [-0.1, -0.05) is 0 Å². The van der Waals surface area contributed by atoms with Gasteiger partial charge in [0.25, 0.3) is 0 Å². The molecule has 0 bridgehead atoms. The molecule has 2 aliphatic rings. The quantitative estimate of drug-likeness (QED) is 0.438. The lowest BCUT2D eigenvalue weighted by atomic mass is 9.91. The molecule has 3 heterocycles. The van der Waals surface area contributed by atoms with E-state index in [1.54, 1.807) is 17.0 Å². The Balaban J connectivity index is 1.71. The third-order valence-corrected chi connectivity index (χ3v) is 5.93. The second kappa shape index (κ2) is 10.0. The second-order valence-electron chi connectivity index (χ2n) is 8.00. The summed E-state index contributed by atoms with van der Waals surface area (Å²) in [5.41, 5.74) is -0.105. The van der Waals surface area contributed by atoms with Gasteiger partial charge in [0.2, 0.25) is 30.1 Å². The number of fused-ring (bicyclic) bond motifs is 1. The van der Waals surface area contributed by atoms with Crippen LogP contribution in [0.3, 0.4) is 0 Å². The summed E-state index contributed by atoms with van der Waals surface area (Å²) in [5.74, 6) is -0.493. The molecule has 0 aliphatic carbocycles. The summed E-state index contributed by atoms with van der Waals surface area (Å²) in [5, 5.41) is 10.6. The molecule has 2 aliphatic heterocycles. The van der Waals surface area contributed by atoms with E-state index in [1.165, 1.54) is 20.3 Å². The Kier molecular flexibility index (Phi) is 6.92. The number of hydrogen-bond donors (Lipinski definition) is 1. The number of amides is 1. The van der Waals surface area contributed by atoms with E-state index in [1.807, 2.05) is 4.90 Å². The molecule has 1 fully saturated rings. The van der Waals surface area contributed by atoms with Crippen LogP contribution in [-0.2, 0) is 20.9 Å². The van der Waals surface area contributed by atoms with Crippen molar-refractivity contribution in [3.63, 3.8) is 0 Å². The Morgan fingerprint density at radius 3 is 2.62 bits per heavy atom. The molecular formula is C23H26N2O9. The number of ether oxygens (including phenoxy) is 4. The zero-order valence-electron chi connectivity index (χ0n) is 18.9. The van der Waals surface area contributed by atoms with Gasteiger partial charge < -0.3 is 33.4 Å². The molecule has 1 aromatic heterocycles. The molecule has 0 saturated carbocycles. The largest absolute Gasteiger partial charge is 0.502 e. The summed E-state index contributed by atoms with van der Waals surface area (Å²) in [7, 11) is 2.73. The molecule has 0 unspecified atom stereocenters. The molecular weight excluding hydrogens is 448 g/mol. The van der Waals surface area contributed by atoms with Crippen molar-refractivity contribution in [2.45, 2.75) is 18.9 Å². The van der Waals surface area contributed by atoms with Gasteiger partial charge in [0.1, 0.15) is 5.76 Å². The molecule has 11 heteroatoms. The van der Waals surface area contributed by atoms with Crippen LogP contribution in [-0.4, -0.2) is 74.5 Å². The van der Waals surface area contributed by atoms with E-state index in [2.05, 4.69) is 0 Å². The first-order valence-electron chi connectivity index (χ1n) is 10.8. The molecule has 182 valence electrons. The molecule has 4 rings (SSSR count). The predicted molar refractivity (Wildman–Crippen MR) is 117 cm³/mol. The van der Waals surface area contributed by atoms with Crippen molar-refractivity contribution < 1.29 is 38.1 Å². The van der Waals surface area contributed by atoms with E-state index in [9.17, 15) is 19.5 Å². The van der Waals surface area contributed by atoms with Gasteiger partial charge in [0.15, 0.2) is 17.3 Å². The SMILES string of the molecule is COC(=O)C[C@@H](c1cc(OC)c2c(c1)OCO2)c1oc(CN2CCN(C=O)CC2)cc(=O)c1O. The monoisotopic (exact) mass is 474 g/mol. The fraction of sp³-hybridized carbons (Fsp3) is 0.435. The molecule has 1 amide bonds. The molecule has 0 spiro atoms. The van der Waals surface area contributed by atoms with Crippen LogP contribution in [0, 0.1) is 0 Å². The van der Waals surface area contributed by atoms with Crippen LogP contribution in [0.5, 0.6) is 23.0 Å². The summed E-state index contributed by atoms with van der Waals surface area (Å²) in [6.45, 7) is 2.70. The van der Waals surface area contributed by atoms with Crippen LogP contribution in [0.25, 0.3) is 0 Å². The summed E-state index contributed by atoms with van der Waals surface area (Å²) < 4.78 is 27.2. The first-order chi connectivity index (χ1) is 16.4. The Morgan fingerprint density at radius 2 is 1.94 bits per heavy atom.